The average Bonchev–Trinajstić information content (AvgIpc) is 2.72. The van der Waals surface area contributed by atoms with Gasteiger partial charge in [0.1, 0.15) is 0 Å². The van der Waals surface area contributed by atoms with E-state index in [1.54, 1.807) is 10.9 Å². The number of hydrogen-bond donors (Lipinski definition) is 1. The number of benzene rings is 1. The Balaban J connectivity index is 2.56. The Kier molecular flexibility index (Phi) is 2.29. The fraction of sp³-hybridized carbons (Fsp3) is 0.167. The van der Waals surface area contributed by atoms with E-state index in [4.69, 9.17) is 0 Å². The minimum atomic E-state index is -0.0904. The molecule has 0 saturated heterocycles. The summed E-state index contributed by atoms with van der Waals surface area (Å²) in [5.41, 5.74) is 2.77. The summed E-state index contributed by atoms with van der Waals surface area (Å²) >= 11 is 3.41. The Labute approximate surface area is 105 Å². The molecule has 0 aliphatic heterocycles. The maximum Gasteiger partial charge on any atom is 0.259 e. The number of nitrogens with zero attached hydrogens (tertiary/aromatic N) is 2. The molecule has 2 heterocycles. The van der Waals surface area contributed by atoms with Crippen molar-refractivity contribution in [2.24, 2.45) is 7.05 Å². The topological polar surface area (TPSA) is 50.7 Å². The lowest BCUT2D eigenvalue weighted by molar-refractivity contribution is 0.799. The minimum Gasteiger partial charge on any atom is -0.321 e. The van der Waals surface area contributed by atoms with Crippen molar-refractivity contribution >= 4 is 37.7 Å². The van der Waals surface area contributed by atoms with Crippen LogP contribution in [0.2, 0.25) is 0 Å². The zero-order valence-corrected chi connectivity index (χ0v) is 10.8. The van der Waals surface area contributed by atoms with Gasteiger partial charge in [-0.25, -0.2) is 0 Å². The van der Waals surface area contributed by atoms with Gasteiger partial charge in [-0.1, -0.05) is 28.1 Å². The number of pyridine rings is 1. The number of rotatable bonds is 1. The number of aromatic amines is 1. The Morgan fingerprint density at radius 3 is 3.00 bits per heavy atom. The van der Waals surface area contributed by atoms with Crippen LogP contribution in [0.1, 0.15) is 5.56 Å². The van der Waals surface area contributed by atoms with Gasteiger partial charge in [0.2, 0.25) is 0 Å². The summed E-state index contributed by atoms with van der Waals surface area (Å²) in [4.78, 5) is 14.8. The maximum absolute atomic E-state index is 11.9. The molecule has 1 N–H and O–H groups in total. The van der Waals surface area contributed by atoms with Crippen molar-refractivity contribution in [3.05, 3.63) is 40.3 Å². The van der Waals surface area contributed by atoms with Crippen LogP contribution in [0.15, 0.2) is 29.2 Å². The summed E-state index contributed by atoms with van der Waals surface area (Å²) in [5, 5.41) is 6.56. The Morgan fingerprint density at radius 1 is 1.41 bits per heavy atom. The fourth-order valence-electron chi connectivity index (χ4n) is 2.10. The SMILES string of the molecule is Cn1ncc2c(=O)[nH]c3cc(CBr)ccc3c21. The smallest absolute Gasteiger partial charge is 0.259 e. The molecule has 17 heavy (non-hydrogen) atoms. The van der Waals surface area contributed by atoms with Crippen molar-refractivity contribution in [3.63, 3.8) is 0 Å². The largest absolute Gasteiger partial charge is 0.321 e. The minimum absolute atomic E-state index is 0.0904. The molecule has 0 radical (unpaired) electrons. The molecule has 0 amide bonds. The van der Waals surface area contributed by atoms with E-state index in [1.807, 2.05) is 25.2 Å². The third-order valence-corrected chi connectivity index (χ3v) is 3.57. The van der Waals surface area contributed by atoms with Crippen molar-refractivity contribution < 1.29 is 0 Å². The lowest BCUT2D eigenvalue weighted by Gasteiger charge is -2.03. The molecule has 2 aromatic heterocycles. The van der Waals surface area contributed by atoms with Gasteiger partial charge < -0.3 is 4.98 Å². The van der Waals surface area contributed by atoms with Crippen LogP contribution in [0.25, 0.3) is 21.8 Å². The second-order valence-corrected chi connectivity index (χ2v) is 4.56. The van der Waals surface area contributed by atoms with Gasteiger partial charge in [-0.3, -0.25) is 9.48 Å². The van der Waals surface area contributed by atoms with E-state index in [0.29, 0.717) is 5.39 Å². The highest BCUT2D eigenvalue weighted by atomic mass is 79.9. The summed E-state index contributed by atoms with van der Waals surface area (Å²) < 4.78 is 1.74. The molecule has 86 valence electrons. The number of fused-ring (bicyclic) bond motifs is 3. The average molecular weight is 292 g/mol. The van der Waals surface area contributed by atoms with Crippen LogP contribution in [0.5, 0.6) is 0 Å². The van der Waals surface area contributed by atoms with Crippen LogP contribution in [-0.4, -0.2) is 14.8 Å². The summed E-state index contributed by atoms with van der Waals surface area (Å²) in [6, 6.07) is 6.05. The van der Waals surface area contributed by atoms with Gasteiger partial charge in [0.15, 0.2) is 0 Å². The van der Waals surface area contributed by atoms with E-state index in [9.17, 15) is 4.79 Å². The predicted molar refractivity (Wildman–Crippen MR) is 71.5 cm³/mol. The number of alkyl halides is 1. The van der Waals surface area contributed by atoms with Crippen LogP contribution in [0, 0.1) is 0 Å². The van der Waals surface area contributed by atoms with E-state index in [-0.39, 0.29) is 5.56 Å². The predicted octanol–water partition coefficient (Wildman–Crippen LogP) is 2.31. The standard InChI is InChI=1S/C12H10BrN3O/c1-16-11-8-3-2-7(5-13)4-10(8)15-12(17)9(11)6-14-16/h2-4,6H,5H2,1H3,(H,15,17). The normalized spacial score (nSPS) is 11.4. The van der Waals surface area contributed by atoms with Crippen molar-refractivity contribution in [2.75, 3.05) is 0 Å². The van der Waals surface area contributed by atoms with Gasteiger partial charge in [-0.15, -0.1) is 0 Å². The van der Waals surface area contributed by atoms with Gasteiger partial charge >= 0.3 is 0 Å². The van der Waals surface area contributed by atoms with Crippen LogP contribution in [0.3, 0.4) is 0 Å². The van der Waals surface area contributed by atoms with Crippen LogP contribution >= 0.6 is 15.9 Å². The molecule has 0 aliphatic carbocycles. The Bertz CT molecular complexity index is 772. The molecule has 0 saturated carbocycles. The third-order valence-electron chi connectivity index (χ3n) is 2.92. The van der Waals surface area contributed by atoms with Crippen molar-refractivity contribution in [2.45, 2.75) is 5.33 Å². The summed E-state index contributed by atoms with van der Waals surface area (Å²) in [7, 11) is 1.85. The zero-order valence-electron chi connectivity index (χ0n) is 9.20. The van der Waals surface area contributed by atoms with Crippen LogP contribution in [0.4, 0.5) is 0 Å². The van der Waals surface area contributed by atoms with Crippen molar-refractivity contribution in [1.82, 2.24) is 14.8 Å². The summed E-state index contributed by atoms with van der Waals surface area (Å²) in [5.74, 6) is 0. The van der Waals surface area contributed by atoms with Gasteiger partial charge in [0.25, 0.3) is 5.56 Å². The molecular formula is C12H10BrN3O. The summed E-state index contributed by atoms with van der Waals surface area (Å²) in [6.45, 7) is 0. The quantitative estimate of drug-likeness (QED) is 0.700. The molecular weight excluding hydrogens is 282 g/mol. The number of aromatic nitrogens is 3. The molecule has 1 aromatic carbocycles. The molecule has 3 rings (SSSR count). The highest BCUT2D eigenvalue weighted by Gasteiger charge is 2.09. The number of halogens is 1. The van der Waals surface area contributed by atoms with Crippen molar-refractivity contribution in [3.8, 4) is 0 Å². The van der Waals surface area contributed by atoms with E-state index >= 15 is 0 Å². The zero-order chi connectivity index (χ0) is 12.0. The highest BCUT2D eigenvalue weighted by molar-refractivity contribution is 9.08. The summed E-state index contributed by atoms with van der Waals surface area (Å²) in [6.07, 6.45) is 1.60. The Hall–Kier alpha value is -1.62. The number of hydrogen-bond acceptors (Lipinski definition) is 2. The molecule has 4 nitrogen and oxygen atoms in total. The number of nitrogens with one attached hydrogen (secondary N) is 1. The molecule has 0 bridgehead atoms. The molecule has 0 unspecified atom stereocenters. The van der Waals surface area contributed by atoms with E-state index in [2.05, 4.69) is 26.0 Å². The van der Waals surface area contributed by atoms with Gasteiger partial charge in [-0.05, 0) is 11.6 Å². The second-order valence-electron chi connectivity index (χ2n) is 4.00. The number of aryl methyl sites for hydroxylation is 1. The van der Waals surface area contributed by atoms with E-state index in [0.717, 1.165) is 27.3 Å². The molecule has 0 aliphatic rings. The lowest BCUT2D eigenvalue weighted by atomic mass is 10.1. The van der Waals surface area contributed by atoms with E-state index < -0.39 is 0 Å². The Morgan fingerprint density at radius 2 is 2.24 bits per heavy atom. The second kappa shape index (κ2) is 3.70. The van der Waals surface area contributed by atoms with Gasteiger partial charge in [-0.2, -0.15) is 5.10 Å². The highest BCUT2D eigenvalue weighted by Crippen LogP contribution is 2.22. The van der Waals surface area contributed by atoms with Gasteiger partial charge in [0, 0.05) is 17.8 Å². The first-order valence-electron chi connectivity index (χ1n) is 5.23. The van der Waals surface area contributed by atoms with E-state index in [1.165, 1.54) is 0 Å². The molecule has 5 heteroatoms. The van der Waals surface area contributed by atoms with Crippen LogP contribution in [-0.2, 0) is 12.4 Å². The monoisotopic (exact) mass is 291 g/mol. The first-order valence-corrected chi connectivity index (χ1v) is 6.35. The molecule has 0 spiro atoms. The first kappa shape index (κ1) is 10.5. The number of H-pyrrole nitrogens is 1. The van der Waals surface area contributed by atoms with Gasteiger partial charge in [0.05, 0.1) is 22.6 Å². The molecule has 0 fully saturated rings. The van der Waals surface area contributed by atoms with Crippen molar-refractivity contribution in [1.29, 1.82) is 0 Å². The molecule has 0 atom stereocenters. The third kappa shape index (κ3) is 1.50. The van der Waals surface area contributed by atoms with Crippen LogP contribution < -0.4 is 5.56 Å². The first-order chi connectivity index (χ1) is 8.20. The lowest BCUT2D eigenvalue weighted by Crippen LogP contribution is -2.06. The fourth-order valence-corrected chi connectivity index (χ4v) is 2.45. The molecule has 3 aromatic rings. The maximum atomic E-state index is 11.9.